The molecule has 0 aromatic heterocycles. The van der Waals surface area contributed by atoms with Gasteiger partial charge in [0.1, 0.15) is 12.4 Å². The molecule has 7 heteroatoms. The van der Waals surface area contributed by atoms with E-state index in [9.17, 15) is 4.79 Å². The Morgan fingerprint density at radius 3 is 2.42 bits per heavy atom. The molecule has 2 aliphatic heterocycles. The minimum Gasteiger partial charge on any atom is -0.492 e. The van der Waals surface area contributed by atoms with E-state index in [4.69, 9.17) is 21.1 Å². The molecule has 3 rings (SSSR count). The predicted octanol–water partition coefficient (Wildman–Crippen LogP) is 1.58. The standard InChI is InChI=1S/C19H28ClN3O3/c1-16(19(24)23-11-13-25-14-12-23)22-8-6-21(7-9-22)10-15-26-18-4-2-17(20)3-5-18/h2-5,16H,6-15H2,1H3. The number of piperazine rings is 1. The first-order valence-corrected chi connectivity index (χ1v) is 9.72. The Morgan fingerprint density at radius 2 is 1.77 bits per heavy atom. The molecule has 0 bridgehead atoms. The van der Waals surface area contributed by atoms with Crippen molar-refractivity contribution in [2.24, 2.45) is 0 Å². The minimum atomic E-state index is -0.0550. The summed E-state index contributed by atoms with van der Waals surface area (Å²) in [5.74, 6) is 1.07. The van der Waals surface area contributed by atoms with Crippen LogP contribution in [0.25, 0.3) is 0 Å². The van der Waals surface area contributed by atoms with E-state index in [0.29, 0.717) is 37.9 Å². The molecule has 0 N–H and O–H groups in total. The Hall–Kier alpha value is -1.34. The molecule has 1 amide bonds. The zero-order valence-corrected chi connectivity index (χ0v) is 16.2. The normalized spacial score (nSPS) is 20.8. The largest absolute Gasteiger partial charge is 0.492 e. The van der Waals surface area contributed by atoms with E-state index in [1.807, 2.05) is 36.1 Å². The zero-order valence-electron chi connectivity index (χ0n) is 15.4. The third kappa shape index (κ3) is 5.33. The third-order valence-electron chi connectivity index (χ3n) is 5.12. The fraction of sp³-hybridized carbons (Fsp3) is 0.632. The monoisotopic (exact) mass is 381 g/mol. The van der Waals surface area contributed by atoms with Crippen LogP contribution in [-0.2, 0) is 9.53 Å². The van der Waals surface area contributed by atoms with Gasteiger partial charge in [0.15, 0.2) is 0 Å². The van der Waals surface area contributed by atoms with E-state index >= 15 is 0 Å². The van der Waals surface area contributed by atoms with Crippen molar-refractivity contribution in [3.8, 4) is 5.75 Å². The number of carbonyl (C=O) groups is 1. The lowest BCUT2D eigenvalue weighted by atomic mass is 10.2. The fourth-order valence-electron chi connectivity index (χ4n) is 3.40. The molecule has 1 aromatic carbocycles. The maximum absolute atomic E-state index is 12.6. The summed E-state index contributed by atoms with van der Waals surface area (Å²) in [5, 5.41) is 0.717. The molecule has 144 valence electrons. The van der Waals surface area contributed by atoms with Crippen LogP contribution in [0.15, 0.2) is 24.3 Å². The Bertz CT molecular complexity index is 570. The number of hydrogen-bond acceptors (Lipinski definition) is 5. The smallest absolute Gasteiger partial charge is 0.239 e. The summed E-state index contributed by atoms with van der Waals surface area (Å²) in [4.78, 5) is 19.2. The van der Waals surface area contributed by atoms with Gasteiger partial charge < -0.3 is 14.4 Å². The highest BCUT2D eigenvalue weighted by Gasteiger charge is 2.29. The summed E-state index contributed by atoms with van der Waals surface area (Å²) in [6, 6.07) is 7.39. The number of hydrogen-bond donors (Lipinski definition) is 0. The van der Waals surface area contributed by atoms with Crippen molar-refractivity contribution >= 4 is 17.5 Å². The second-order valence-corrected chi connectivity index (χ2v) is 7.23. The molecule has 0 saturated carbocycles. The van der Waals surface area contributed by atoms with Crippen molar-refractivity contribution in [1.29, 1.82) is 0 Å². The number of carbonyl (C=O) groups excluding carboxylic acids is 1. The van der Waals surface area contributed by atoms with Gasteiger partial charge >= 0.3 is 0 Å². The quantitative estimate of drug-likeness (QED) is 0.748. The molecular weight excluding hydrogens is 354 g/mol. The number of halogens is 1. The number of morpholine rings is 1. The van der Waals surface area contributed by atoms with Gasteiger partial charge in [-0.05, 0) is 31.2 Å². The van der Waals surface area contributed by atoms with Crippen LogP contribution < -0.4 is 4.74 Å². The van der Waals surface area contributed by atoms with Crippen LogP contribution in [0.1, 0.15) is 6.92 Å². The Labute approximate surface area is 160 Å². The zero-order chi connectivity index (χ0) is 18.4. The molecule has 0 radical (unpaired) electrons. The van der Waals surface area contributed by atoms with Crippen LogP contribution in [0.3, 0.4) is 0 Å². The number of ether oxygens (including phenoxy) is 2. The topological polar surface area (TPSA) is 45.2 Å². The second-order valence-electron chi connectivity index (χ2n) is 6.79. The average molecular weight is 382 g/mol. The van der Waals surface area contributed by atoms with E-state index < -0.39 is 0 Å². The van der Waals surface area contributed by atoms with Crippen LogP contribution in [0, 0.1) is 0 Å². The summed E-state index contributed by atoms with van der Waals surface area (Å²) in [7, 11) is 0. The van der Waals surface area contributed by atoms with E-state index in [0.717, 1.165) is 38.5 Å². The van der Waals surface area contributed by atoms with Crippen molar-refractivity contribution < 1.29 is 14.3 Å². The van der Waals surface area contributed by atoms with Crippen LogP contribution in [-0.4, -0.2) is 92.3 Å². The van der Waals surface area contributed by atoms with Gasteiger partial charge in [0.05, 0.1) is 19.3 Å². The third-order valence-corrected chi connectivity index (χ3v) is 5.38. The molecule has 1 atom stereocenters. The maximum Gasteiger partial charge on any atom is 0.239 e. The van der Waals surface area contributed by atoms with E-state index in [1.54, 1.807) is 0 Å². The number of nitrogens with zero attached hydrogens (tertiary/aromatic N) is 3. The SMILES string of the molecule is CC(C(=O)N1CCOCC1)N1CCN(CCOc2ccc(Cl)cc2)CC1. The molecule has 2 heterocycles. The lowest BCUT2D eigenvalue weighted by Gasteiger charge is -2.39. The molecule has 1 aromatic rings. The summed E-state index contributed by atoms with van der Waals surface area (Å²) in [6.07, 6.45) is 0. The van der Waals surface area contributed by atoms with Crippen molar-refractivity contribution in [3.05, 3.63) is 29.3 Å². The molecule has 2 fully saturated rings. The van der Waals surface area contributed by atoms with Gasteiger partial charge in [-0.1, -0.05) is 11.6 Å². The van der Waals surface area contributed by atoms with Crippen LogP contribution in [0.4, 0.5) is 0 Å². The van der Waals surface area contributed by atoms with Gasteiger partial charge in [-0.2, -0.15) is 0 Å². The fourth-order valence-corrected chi connectivity index (χ4v) is 3.53. The van der Waals surface area contributed by atoms with E-state index in [1.165, 1.54) is 0 Å². The molecule has 26 heavy (non-hydrogen) atoms. The average Bonchev–Trinajstić information content (AvgIpc) is 2.69. The minimum absolute atomic E-state index is 0.0550. The van der Waals surface area contributed by atoms with Gasteiger partial charge in [-0.25, -0.2) is 0 Å². The van der Waals surface area contributed by atoms with Crippen molar-refractivity contribution in [3.63, 3.8) is 0 Å². The first-order chi connectivity index (χ1) is 12.6. The summed E-state index contributed by atoms with van der Waals surface area (Å²) in [6.45, 7) is 10.1. The second kappa shape index (κ2) is 9.55. The first-order valence-electron chi connectivity index (χ1n) is 9.35. The Balaban J connectivity index is 1.36. The van der Waals surface area contributed by atoms with E-state index in [-0.39, 0.29) is 11.9 Å². The van der Waals surface area contributed by atoms with Crippen molar-refractivity contribution in [2.45, 2.75) is 13.0 Å². The van der Waals surface area contributed by atoms with Gasteiger partial charge in [0.25, 0.3) is 0 Å². The summed E-state index contributed by atoms with van der Waals surface area (Å²) in [5.41, 5.74) is 0. The van der Waals surface area contributed by atoms with Gasteiger partial charge in [0.2, 0.25) is 5.91 Å². The first kappa shape index (κ1) is 19.4. The molecule has 6 nitrogen and oxygen atoms in total. The van der Waals surface area contributed by atoms with Crippen LogP contribution in [0.2, 0.25) is 5.02 Å². The molecule has 0 aliphatic carbocycles. The summed E-state index contributed by atoms with van der Waals surface area (Å²) >= 11 is 5.88. The van der Waals surface area contributed by atoms with E-state index in [2.05, 4.69) is 9.80 Å². The molecule has 2 saturated heterocycles. The number of amides is 1. The van der Waals surface area contributed by atoms with Gasteiger partial charge in [0, 0.05) is 50.8 Å². The van der Waals surface area contributed by atoms with Crippen molar-refractivity contribution in [1.82, 2.24) is 14.7 Å². The van der Waals surface area contributed by atoms with Gasteiger partial charge in [-0.15, -0.1) is 0 Å². The molecular formula is C19H28ClN3O3. The van der Waals surface area contributed by atoms with Gasteiger partial charge in [-0.3, -0.25) is 14.6 Å². The predicted molar refractivity (Wildman–Crippen MR) is 102 cm³/mol. The van der Waals surface area contributed by atoms with Crippen LogP contribution >= 0.6 is 11.6 Å². The number of benzene rings is 1. The molecule has 0 spiro atoms. The highest BCUT2D eigenvalue weighted by molar-refractivity contribution is 6.30. The maximum atomic E-state index is 12.6. The van der Waals surface area contributed by atoms with Crippen LogP contribution in [0.5, 0.6) is 5.75 Å². The number of rotatable bonds is 6. The Morgan fingerprint density at radius 1 is 1.12 bits per heavy atom. The highest BCUT2D eigenvalue weighted by Crippen LogP contribution is 2.16. The summed E-state index contributed by atoms with van der Waals surface area (Å²) < 4.78 is 11.1. The lowest BCUT2D eigenvalue weighted by Crippen LogP contribution is -2.56. The Kier molecular flexibility index (Phi) is 7.14. The lowest BCUT2D eigenvalue weighted by molar-refractivity contribution is -0.141. The molecule has 2 aliphatic rings. The highest BCUT2D eigenvalue weighted by atomic mass is 35.5. The van der Waals surface area contributed by atoms with Crippen molar-refractivity contribution in [2.75, 3.05) is 65.6 Å². The molecule has 1 unspecified atom stereocenters.